The van der Waals surface area contributed by atoms with Crippen LogP contribution in [-0.2, 0) is 9.59 Å². The van der Waals surface area contributed by atoms with E-state index in [2.05, 4.69) is 5.32 Å². The highest BCUT2D eigenvalue weighted by atomic mass is 16.2. The number of carbonyl (C=O) groups excluding carboxylic acids is 2. The number of amides is 2. The van der Waals surface area contributed by atoms with Crippen LogP contribution < -0.4 is 5.32 Å². The monoisotopic (exact) mass is 165 g/mol. The maximum Gasteiger partial charge on any atom is 0.230 e. The molecular formula is C9H11NO2. The van der Waals surface area contributed by atoms with Crippen molar-refractivity contribution in [2.75, 3.05) is 0 Å². The Bertz CT molecular complexity index is 248. The Labute approximate surface area is 70.5 Å². The smallest absolute Gasteiger partial charge is 0.230 e. The van der Waals surface area contributed by atoms with E-state index in [1.165, 1.54) is 0 Å². The number of hydrogen-bond acceptors (Lipinski definition) is 2. The van der Waals surface area contributed by atoms with Crippen LogP contribution in [0.5, 0.6) is 0 Å². The standard InChI is InChI=1S/C9H11NO2/c11-8-6-4-1-2-5(3-4)7(6)9(12)10-8/h4-7H,1-3H2,(H,10,11,12)/t4?,5?,6-,7?/m0/s1. The average Bonchev–Trinajstić information content (AvgIpc) is 2.64. The Balaban J connectivity index is 2.03. The maximum atomic E-state index is 11.3. The van der Waals surface area contributed by atoms with Gasteiger partial charge in [-0.3, -0.25) is 14.9 Å². The minimum absolute atomic E-state index is 0.00259. The number of imide groups is 1. The zero-order chi connectivity index (χ0) is 8.29. The molecule has 3 rings (SSSR count). The second kappa shape index (κ2) is 1.90. The molecule has 64 valence electrons. The number of hydrogen-bond donors (Lipinski definition) is 1. The highest BCUT2D eigenvalue weighted by Crippen LogP contribution is 2.54. The van der Waals surface area contributed by atoms with Crippen molar-refractivity contribution in [2.45, 2.75) is 19.3 Å². The lowest BCUT2D eigenvalue weighted by Crippen LogP contribution is -2.24. The molecule has 0 radical (unpaired) electrons. The first-order chi connectivity index (χ1) is 5.77. The van der Waals surface area contributed by atoms with Gasteiger partial charge in [-0.2, -0.15) is 0 Å². The van der Waals surface area contributed by atoms with Gasteiger partial charge in [-0.15, -0.1) is 0 Å². The normalized spacial score (nSPS) is 49.7. The minimum Gasteiger partial charge on any atom is -0.296 e. The third kappa shape index (κ3) is 0.586. The molecule has 2 bridgehead atoms. The van der Waals surface area contributed by atoms with E-state index in [1.54, 1.807) is 0 Å². The average molecular weight is 165 g/mol. The van der Waals surface area contributed by atoms with Gasteiger partial charge in [0.15, 0.2) is 0 Å². The first-order valence-electron chi connectivity index (χ1n) is 4.62. The number of rotatable bonds is 0. The second-order valence-corrected chi connectivity index (χ2v) is 4.24. The Morgan fingerprint density at radius 2 is 1.50 bits per heavy atom. The molecule has 3 heteroatoms. The second-order valence-electron chi connectivity index (χ2n) is 4.24. The molecule has 3 nitrogen and oxygen atoms in total. The quantitative estimate of drug-likeness (QED) is 0.525. The first kappa shape index (κ1) is 6.63. The highest BCUT2D eigenvalue weighted by Gasteiger charge is 2.57. The molecule has 3 aliphatic rings. The van der Waals surface area contributed by atoms with Crippen LogP contribution in [0.25, 0.3) is 0 Å². The van der Waals surface area contributed by atoms with Crippen molar-refractivity contribution < 1.29 is 9.59 Å². The summed E-state index contributed by atoms with van der Waals surface area (Å²) in [6.45, 7) is 0. The first-order valence-corrected chi connectivity index (χ1v) is 4.62. The zero-order valence-corrected chi connectivity index (χ0v) is 6.75. The summed E-state index contributed by atoms with van der Waals surface area (Å²) < 4.78 is 0. The zero-order valence-electron chi connectivity index (χ0n) is 6.75. The Morgan fingerprint density at radius 3 is 2.00 bits per heavy atom. The van der Waals surface area contributed by atoms with Gasteiger partial charge in [0.05, 0.1) is 11.8 Å². The fourth-order valence-corrected chi connectivity index (χ4v) is 3.33. The van der Waals surface area contributed by atoms with Crippen molar-refractivity contribution >= 4 is 11.8 Å². The van der Waals surface area contributed by atoms with Gasteiger partial charge in [-0.25, -0.2) is 0 Å². The van der Waals surface area contributed by atoms with E-state index < -0.39 is 0 Å². The molecule has 3 unspecified atom stereocenters. The highest BCUT2D eigenvalue weighted by molar-refractivity contribution is 6.05. The number of carbonyl (C=O) groups is 2. The van der Waals surface area contributed by atoms with E-state index in [-0.39, 0.29) is 23.7 Å². The Kier molecular flexibility index (Phi) is 1.05. The largest absolute Gasteiger partial charge is 0.296 e. The molecule has 0 aromatic heterocycles. The predicted octanol–water partition coefficient (Wildman–Crippen LogP) is 0.305. The van der Waals surface area contributed by atoms with Gasteiger partial charge in [-0.05, 0) is 31.1 Å². The van der Waals surface area contributed by atoms with Crippen LogP contribution in [0, 0.1) is 23.7 Å². The summed E-state index contributed by atoms with van der Waals surface area (Å²) in [7, 11) is 0. The van der Waals surface area contributed by atoms with Gasteiger partial charge in [0.2, 0.25) is 11.8 Å². The summed E-state index contributed by atoms with van der Waals surface area (Å²) in [6, 6.07) is 0. The van der Waals surface area contributed by atoms with Gasteiger partial charge in [-0.1, -0.05) is 0 Å². The third-order valence-corrected chi connectivity index (χ3v) is 3.77. The molecule has 0 aromatic rings. The lowest BCUT2D eigenvalue weighted by atomic mass is 9.81. The molecule has 3 fully saturated rings. The molecular weight excluding hydrogens is 154 g/mol. The van der Waals surface area contributed by atoms with E-state index in [4.69, 9.17) is 0 Å². The van der Waals surface area contributed by atoms with E-state index in [0.29, 0.717) is 11.8 Å². The Hall–Kier alpha value is -0.860. The SMILES string of the molecule is O=C1NC(=O)[C@H]2C3CCC(C3)C12. The molecule has 1 heterocycles. The van der Waals surface area contributed by atoms with E-state index in [0.717, 1.165) is 19.3 Å². The Morgan fingerprint density at radius 1 is 1.00 bits per heavy atom. The molecule has 0 aromatic carbocycles. The molecule has 12 heavy (non-hydrogen) atoms. The summed E-state index contributed by atoms with van der Waals surface area (Å²) in [5.41, 5.74) is 0. The molecule has 1 N–H and O–H groups in total. The van der Waals surface area contributed by atoms with Crippen LogP contribution >= 0.6 is 0 Å². The lowest BCUT2D eigenvalue weighted by molar-refractivity contribution is -0.126. The van der Waals surface area contributed by atoms with Crippen molar-refractivity contribution in [3.63, 3.8) is 0 Å². The van der Waals surface area contributed by atoms with Crippen LogP contribution in [0.3, 0.4) is 0 Å². The van der Waals surface area contributed by atoms with Crippen LogP contribution in [0.2, 0.25) is 0 Å². The molecule has 1 saturated heterocycles. The molecule has 1 aliphatic heterocycles. The van der Waals surface area contributed by atoms with E-state index in [9.17, 15) is 9.59 Å². The summed E-state index contributed by atoms with van der Waals surface area (Å²) in [5, 5.41) is 2.44. The topological polar surface area (TPSA) is 46.2 Å². The van der Waals surface area contributed by atoms with Crippen LogP contribution in [0.4, 0.5) is 0 Å². The van der Waals surface area contributed by atoms with Crippen molar-refractivity contribution in [1.82, 2.24) is 5.32 Å². The number of nitrogens with one attached hydrogen (secondary N) is 1. The molecule has 0 spiro atoms. The summed E-state index contributed by atoms with van der Waals surface area (Å²) >= 11 is 0. The van der Waals surface area contributed by atoms with Gasteiger partial charge >= 0.3 is 0 Å². The summed E-state index contributed by atoms with van der Waals surface area (Å²) in [6.07, 6.45) is 3.44. The van der Waals surface area contributed by atoms with Gasteiger partial charge in [0.1, 0.15) is 0 Å². The van der Waals surface area contributed by atoms with Gasteiger partial charge < -0.3 is 0 Å². The van der Waals surface area contributed by atoms with Gasteiger partial charge in [0, 0.05) is 0 Å². The van der Waals surface area contributed by atoms with E-state index in [1.807, 2.05) is 0 Å². The van der Waals surface area contributed by atoms with Crippen molar-refractivity contribution in [1.29, 1.82) is 0 Å². The molecule has 4 atom stereocenters. The van der Waals surface area contributed by atoms with Crippen molar-refractivity contribution in [2.24, 2.45) is 23.7 Å². The molecule has 2 amide bonds. The van der Waals surface area contributed by atoms with Crippen molar-refractivity contribution in [3.8, 4) is 0 Å². The number of fused-ring (bicyclic) bond motifs is 5. The fraction of sp³-hybridized carbons (Fsp3) is 0.778. The third-order valence-electron chi connectivity index (χ3n) is 3.77. The van der Waals surface area contributed by atoms with Crippen molar-refractivity contribution in [3.05, 3.63) is 0 Å². The predicted molar refractivity (Wildman–Crippen MR) is 41.0 cm³/mol. The van der Waals surface area contributed by atoms with Crippen LogP contribution in [-0.4, -0.2) is 11.8 Å². The van der Waals surface area contributed by atoms with Crippen LogP contribution in [0.1, 0.15) is 19.3 Å². The maximum absolute atomic E-state index is 11.3. The lowest BCUT2D eigenvalue weighted by Gasteiger charge is -2.19. The molecule has 2 aliphatic carbocycles. The summed E-state index contributed by atoms with van der Waals surface area (Å²) in [4.78, 5) is 22.6. The molecule has 2 saturated carbocycles. The summed E-state index contributed by atoms with van der Waals surface area (Å²) in [5.74, 6) is 1.14. The van der Waals surface area contributed by atoms with E-state index >= 15 is 0 Å². The van der Waals surface area contributed by atoms with Crippen LogP contribution in [0.15, 0.2) is 0 Å². The minimum atomic E-state index is -0.00259. The fourth-order valence-electron chi connectivity index (χ4n) is 3.33. The van der Waals surface area contributed by atoms with Gasteiger partial charge in [0.25, 0.3) is 0 Å².